The highest BCUT2D eigenvalue weighted by Crippen LogP contribution is 2.43. The van der Waals surface area contributed by atoms with Crippen LogP contribution < -0.4 is 0 Å². The van der Waals surface area contributed by atoms with E-state index in [-0.39, 0.29) is 11.0 Å². The molecular formula is C19H21N5. The molecule has 122 valence electrons. The van der Waals surface area contributed by atoms with Crippen LogP contribution in [0, 0.1) is 0 Å². The summed E-state index contributed by atoms with van der Waals surface area (Å²) in [6, 6.07) is 7.90. The van der Waals surface area contributed by atoms with Gasteiger partial charge >= 0.3 is 0 Å². The maximum atomic E-state index is 5.07. The van der Waals surface area contributed by atoms with E-state index >= 15 is 0 Å². The van der Waals surface area contributed by atoms with Gasteiger partial charge < -0.3 is 0 Å². The molecule has 5 nitrogen and oxygen atoms in total. The van der Waals surface area contributed by atoms with Crippen molar-refractivity contribution in [2.24, 2.45) is 12.0 Å². The molecule has 0 saturated carbocycles. The molecule has 2 aromatic heterocycles. The summed E-state index contributed by atoms with van der Waals surface area (Å²) in [7, 11) is 1.96. The normalized spacial score (nSPS) is 18.3. The first-order chi connectivity index (χ1) is 11.3. The molecule has 1 aliphatic rings. The topological polar surface area (TPSA) is 56.0 Å². The third-order valence-corrected chi connectivity index (χ3v) is 5.45. The fourth-order valence-electron chi connectivity index (χ4n) is 3.23. The molecule has 3 aromatic rings. The van der Waals surface area contributed by atoms with Gasteiger partial charge in [-0.2, -0.15) is 5.10 Å². The molecule has 0 bridgehead atoms. The van der Waals surface area contributed by atoms with Gasteiger partial charge in [0, 0.05) is 18.0 Å². The van der Waals surface area contributed by atoms with Crippen molar-refractivity contribution in [3.63, 3.8) is 0 Å². The summed E-state index contributed by atoms with van der Waals surface area (Å²) in [5.41, 5.74) is 5.30. The maximum Gasteiger partial charge on any atom is 0.111 e. The lowest BCUT2D eigenvalue weighted by Gasteiger charge is -2.42. The van der Waals surface area contributed by atoms with E-state index in [0.717, 1.165) is 28.1 Å². The van der Waals surface area contributed by atoms with Crippen molar-refractivity contribution >= 4 is 16.7 Å². The number of aromatic nitrogens is 4. The lowest BCUT2D eigenvalue weighted by atomic mass is 9.67. The molecule has 1 aromatic carbocycles. The Morgan fingerprint density at radius 2 is 1.67 bits per heavy atom. The number of aliphatic imine (C=N–C) groups is 1. The highest BCUT2D eigenvalue weighted by Gasteiger charge is 2.45. The summed E-state index contributed by atoms with van der Waals surface area (Å²) in [6.45, 7) is 8.77. The quantitative estimate of drug-likeness (QED) is 0.692. The van der Waals surface area contributed by atoms with Crippen LogP contribution in [0.2, 0.25) is 0 Å². The Morgan fingerprint density at radius 3 is 2.42 bits per heavy atom. The summed E-state index contributed by atoms with van der Waals surface area (Å²) < 4.78 is 1.89. The van der Waals surface area contributed by atoms with Crippen molar-refractivity contribution in [1.82, 2.24) is 19.7 Å². The maximum absolute atomic E-state index is 5.07. The SMILES string of the molecule is Cn1ncc2c1C(c1cnc3ccccc3n1)=NC(C)(C)C2(C)C. The van der Waals surface area contributed by atoms with E-state index in [0.29, 0.717) is 0 Å². The van der Waals surface area contributed by atoms with Crippen LogP contribution in [0.5, 0.6) is 0 Å². The number of para-hydroxylation sites is 2. The standard InChI is InChI=1S/C19H21N5/c1-18(2)12-10-21-24(5)17(12)16(23-19(18,3)4)15-11-20-13-8-6-7-9-14(13)22-15/h6-11H,1-5H3. The van der Waals surface area contributed by atoms with Crippen LogP contribution in [0.1, 0.15) is 44.6 Å². The first-order valence-electron chi connectivity index (χ1n) is 8.16. The number of fused-ring (bicyclic) bond motifs is 2. The van der Waals surface area contributed by atoms with E-state index in [4.69, 9.17) is 9.98 Å². The summed E-state index contributed by atoms with van der Waals surface area (Å²) in [6.07, 6.45) is 3.77. The third-order valence-electron chi connectivity index (χ3n) is 5.45. The van der Waals surface area contributed by atoms with Gasteiger partial charge in [0.1, 0.15) is 11.4 Å². The molecule has 0 fully saturated rings. The lowest BCUT2D eigenvalue weighted by molar-refractivity contribution is 0.303. The van der Waals surface area contributed by atoms with Gasteiger partial charge in [0.15, 0.2) is 0 Å². The zero-order chi connectivity index (χ0) is 17.1. The largest absolute Gasteiger partial charge is 0.274 e. The Morgan fingerprint density at radius 1 is 0.958 bits per heavy atom. The zero-order valence-corrected chi connectivity index (χ0v) is 14.7. The van der Waals surface area contributed by atoms with Crippen molar-refractivity contribution in [1.29, 1.82) is 0 Å². The molecular weight excluding hydrogens is 298 g/mol. The smallest absolute Gasteiger partial charge is 0.111 e. The Hall–Kier alpha value is -2.56. The van der Waals surface area contributed by atoms with Gasteiger partial charge in [-0.15, -0.1) is 0 Å². The van der Waals surface area contributed by atoms with E-state index in [1.807, 2.05) is 48.4 Å². The molecule has 0 amide bonds. The van der Waals surface area contributed by atoms with Crippen molar-refractivity contribution in [2.45, 2.75) is 38.6 Å². The van der Waals surface area contributed by atoms with Crippen LogP contribution in [0.4, 0.5) is 0 Å². The summed E-state index contributed by atoms with van der Waals surface area (Å²) in [4.78, 5) is 14.4. The molecule has 1 aliphatic heterocycles. The number of hydrogen-bond donors (Lipinski definition) is 0. The average Bonchev–Trinajstić information content (AvgIpc) is 2.93. The Kier molecular flexibility index (Phi) is 2.95. The fraction of sp³-hybridized carbons (Fsp3) is 0.368. The van der Waals surface area contributed by atoms with Crippen molar-refractivity contribution in [3.05, 3.63) is 53.6 Å². The number of rotatable bonds is 1. The third kappa shape index (κ3) is 1.94. The van der Waals surface area contributed by atoms with Crippen LogP contribution in [0.25, 0.3) is 11.0 Å². The van der Waals surface area contributed by atoms with Gasteiger partial charge in [-0.1, -0.05) is 26.0 Å². The van der Waals surface area contributed by atoms with Crippen molar-refractivity contribution in [3.8, 4) is 0 Å². The monoisotopic (exact) mass is 319 g/mol. The molecule has 5 heteroatoms. The molecule has 0 radical (unpaired) electrons. The van der Waals surface area contributed by atoms with Crippen LogP contribution in [-0.2, 0) is 12.5 Å². The van der Waals surface area contributed by atoms with E-state index in [1.54, 1.807) is 0 Å². The molecule has 0 aliphatic carbocycles. The number of benzene rings is 1. The molecule has 0 atom stereocenters. The molecule has 4 rings (SSSR count). The number of nitrogens with zero attached hydrogens (tertiary/aromatic N) is 5. The van der Waals surface area contributed by atoms with Gasteiger partial charge in [0.2, 0.25) is 0 Å². The number of hydrogen-bond acceptors (Lipinski definition) is 4. The fourth-order valence-corrected chi connectivity index (χ4v) is 3.23. The Bertz CT molecular complexity index is 978. The second kappa shape index (κ2) is 4.72. The van der Waals surface area contributed by atoms with Crippen LogP contribution in [0.15, 0.2) is 41.7 Å². The first-order valence-corrected chi connectivity index (χ1v) is 8.16. The Labute approximate surface area is 141 Å². The second-order valence-electron chi connectivity index (χ2n) is 7.42. The second-order valence-corrected chi connectivity index (χ2v) is 7.42. The molecule has 0 unspecified atom stereocenters. The van der Waals surface area contributed by atoms with E-state index < -0.39 is 0 Å². The minimum Gasteiger partial charge on any atom is -0.274 e. The average molecular weight is 319 g/mol. The first kappa shape index (κ1) is 15.0. The molecule has 0 N–H and O–H groups in total. The lowest BCUT2D eigenvalue weighted by Crippen LogP contribution is -2.46. The predicted molar refractivity (Wildman–Crippen MR) is 95.5 cm³/mol. The van der Waals surface area contributed by atoms with E-state index in [2.05, 4.69) is 37.8 Å². The molecule has 24 heavy (non-hydrogen) atoms. The van der Waals surface area contributed by atoms with Crippen LogP contribution >= 0.6 is 0 Å². The highest BCUT2D eigenvalue weighted by atomic mass is 15.3. The minimum atomic E-state index is -0.258. The summed E-state index contributed by atoms with van der Waals surface area (Å²) in [5, 5.41) is 4.49. The molecule has 0 spiro atoms. The van der Waals surface area contributed by atoms with Gasteiger partial charge in [-0.25, -0.2) is 4.98 Å². The van der Waals surface area contributed by atoms with E-state index in [1.165, 1.54) is 5.56 Å². The highest BCUT2D eigenvalue weighted by molar-refractivity contribution is 6.13. The Balaban J connectivity index is 1.99. The predicted octanol–water partition coefficient (Wildman–Crippen LogP) is 3.27. The summed E-state index contributed by atoms with van der Waals surface area (Å²) in [5.74, 6) is 0. The van der Waals surface area contributed by atoms with Gasteiger partial charge in [-0.05, 0) is 26.0 Å². The van der Waals surface area contributed by atoms with E-state index in [9.17, 15) is 0 Å². The van der Waals surface area contributed by atoms with Gasteiger partial charge in [-0.3, -0.25) is 14.7 Å². The van der Waals surface area contributed by atoms with Crippen molar-refractivity contribution in [2.75, 3.05) is 0 Å². The minimum absolute atomic E-state index is 0.107. The van der Waals surface area contributed by atoms with Gasteiger partial charge in [0.25, 0.3) is 0 Å². The van der Waals surface area contributed by atoms with Gasteiger partial charge in [0.05, 0.1) is 34.7 Å². The zero-order valence-electron chi connectivity index (χ0n) is 14.7. The number of aryl methyl sites for hydroxylation is 1. The summed E-state index contributed by atoms with van der Waals surface area (Å²) >= 11 is 0. The van der Waals surface area contributed by atoms with Crippen LogP contribution in [-0.4, -0.2) is 31.0 Å². The molecule has 3 heterocycles. The van der Waals surface area contributed by atoms with Crippen molar-refractivity contribution < 1.29 is 0 Å². The van der Waals surface area contributed by atoms with Crippen LogP contribution in [0.3, 0.4) is 0 Å². The molecule has 0 saturated heterocycles.